The second-order valence-electron chi connectivity index (χ2n) is 4.37. The maximum atomic E-state index is 5.62. The number of ether oxygens (including phenoxy) is 2. The van der Waals surface area contributed by atoms with Gasteiger partial charge in [-0.3, -0.25) is 0 Å². The van der Waals surface area contributed by atoms with E-state index in [1.54, 1.807) is 18.4 Å². The van der Waals surface area contributed by atoms with Crippen LogP contribution in [-0.4, -0.2) is 18.7 Å². The molecule has 0 N–H and O–H groups in total. The first-order valence-electron chi connectivity index (χ1n) is 6.05. The zero-order valence-electron chi connectivity index (χ0n) is 10.5. The van der Waals surface area contributed by atoms with Gasteiger partial charge in [-0.1, -0.05) is 11.3 Å². The van der Waals surface area contributed by atoms with Gasteiger partial charge in [0.2, 0.25) is 0 Å². The number of nitrogens with zero attached hydrogens (tertiary/aromatic N) is 1. The third-order valence-electron chi connectivity index (χ3n) is 3.09. The van der Waals surface area contributed by atoms with Crippen molar-refractivity contribution in [2.75, 3.05) is 13.7 Å². The number of hydrogen-bond acceptors (Lipinski definition) is 4. The summed E-state index contributed by atoms with van der Waals surface area (Å²) in [6.07, 6.45) is 2.18. The molecular weight excluding hydrogens is 246 g/mol. The first kappa shape index (κ1) is 11.5. The summed E-state index contributed by atoms with van der Waals surface area (Å²) in [4.78, 5) is 4.55. The van der Waals surface area contributed by atoms with Gasteiger partial charge >= 0.3 is 0 Å². The molecule has 1 aromatic heterocycles. The minimum Gasteiger partial charge on any atom is -0.493 e. The van der Waals surface area contributed by atoms with E-state index in [1.807, 2.05) is 13.0 Å². The molecule has 0 spiro atoms. The van der Waals surface area contributed by atoms with Crippen molar-refractivity contribution in [1.29, 1.82) is 0 Å². The summed E-state index contributed by atoms with van der Waals surface area (Å²) >= 11 is 1.59. The van der Waals surface area contributed by atoms with Crippen LogP contribution in [0.3, 0.4) is 0 Å². The quantitative estimate of drug-likeness (QED) is 0.829. The van der Waals surface area contributed by atoms with Crippen molar-refractivity contribution in [3.05, 3.63) is 29.5 Å². The molecular formula is C14H15NO2S. The van der Waals surface area contributed by atoms with Gasteiger partial charge in [0.25, 0.3) is 0 Å². The molecule has 0 saturated carbocycles. The van der Waals surface area contributed by atoms with Crippen LogP contribution < -0.4 is 9.47 Å². The Bertz CT molecular complexity index is 577. The highest BCUT2D eigenvalue weighted by Gasteiger charge is 2.14. The number of aromatic nitrogens is 1. The van der Waals surface area contributed by atoms with Crippen LogP contribution >= 0.6 is 11.3 Å². The summed E-state index contributed by atoms with van der Waals surface area (Å²) in [5.41, 5.74) is 3.38. The number of fused-ring (bicyclic) bond motifs is 1. The Morgan fingerprint density at radius 2 is 2.28 bits per heavy atom. The van der Waals surface area contributed by atoms with E-state index < -0.39 is 0 Å². The number of methoxy groups -OCH3 is 1. The van der Waals surface area contributed by atoms with Crippen molar-refractivity contribution in [3.8, 4) is 21.4 Å². The molecule has 94 valence electrons. The van der Waals surface area contributed by atoms with E-state index in [4.69, 9.17) is 9.47 Å². The minimum absolute atomic E-state index is 0.830. The summed E-state index contributed by atoms with van der Waals surface area (Å²) in [6, 6.07) is 6.31. The fraction of sp³-hybridized carbons (Fsp3) is 0.357. The molecule has 1 aromatic carbocycles. The molecule has 0 amide bonds. The van der Waals surface area contributed by atoms with Crippen LogP contribution in [0.15, 0.2) is 18.2 Å². The summed E-state index contributed by atoms with van der Waals surface area (Å²) in [5, 5.41) is 1.90. The molecule has 1 aliphatic rings. The van der Waals surface area contributed by atoms with E-state index in [-0.39, 0.29) is 0 Å². The van der Waals surface area contributed by atoms with E-state index in [0.29, 0.717) is 0 Å². The highest BCUT2D eigenvalue weighted by Crippen LogP contribution is 2.36. The van der Waals surface area contributed by atoms with E-state index in [9.17, 15) is 0 Å². The van der Waals surface area contributed by atoms with Gasteiger partial charge in [0, 0.05) is 5.56 Å². The average Bonchev–Trinajstić information content (AvgIpc) is 2.79. The van der Waals surface area contributed by atoms with Crippen LogP contribution in [0.1, 0.15) is 17.7 Å². The van der Waals surface area contributed by atoms with Gasteiger partial charge in [0.1, 0.15) is 10.8 Å². The summed E-state index contributed by atoms with van der Waals surface area (Å²) in [5.74, 6) is 1.02. The lowest BCUT2D eigenvalue weighted by molar-refractivity contribution is 0.288. The molecule has 0 aliphatic carbocycles. The number of rotatable bonds is 2. The first-order chi connectivity index (χ1) is 8.78. The fourth-order valence-corrected chi connectivity index (χ4v) is 3.07. The van der Waals surface area contributed by atoms with Crippen LogP contribution in [0, 0.1) is 6.92 Å². The smallest absolute Gasteiger partial charge is 0.197 e. The number of benzene rings is 1. The van der Waals surface area contributed by atoms with Gasteiger partial charge in [-0.2, -0.15) is 0 Å². The highest BCUT2D eigenvalue weighted by molar-refractivity contribution is 7.17. The molecule has 3 rings (SSSR count). The van der Waals surface area contributed by atoms with Crippen molar-refractivity contribution < 1.29 is 9.47 Å². The molecule has 1 aliphatic heterocycles. The predicted molar refractivity (Wildman–Crippen MR) is 72.7 cm³/mol. The lowest BCUT2D eigenvalue weighted by Gasteiger charge is -2.17. The molecule has 0 bridgehead atoms. The van der Waals surface area contributed by atoms with Crippen LogP contribution in [0.2, 0.25) is 0 Å². The van der Waals surface area contributed by atoms with Gasteiger partial charge in [-0.15, -0.1) is 0 Å². The summed E-state index contributed by atoms with van der Waals surface area (Å²) < 4.78 is 10.9. The van der Waals surface area contributed by atoms with E-state index in [0.717, 1.165) is 46.5 Å². The van der Waals surface area contributed by atoms with Crippen molar-refractivity contribution in [3.63, 3.8) is 0 Å². The highest BCUT2D eigenvalue weighted by atomic mass is 32.1. The topological polar surface area (TPSA) is 31.4 Å². The zero-order chi connectivity index (χ0) is 12.5. The van der Waals surface area contributed by atoms with Gasteiger partial charge in [-0.05, 0) is 43.5 Å². The van der Waals surface area contributed by atoms with Crippen LogP contribution in [0.25, 0.3) is 10.6 Å². The number of thiazole rings is 1. The fourth-order valence-electron chi connectivity index (χ4n) is 2.19. The van der Waals surface area contributed by atoms with E-state index >= 15 is 0 Å². The Hall–Kier alpha value is -1.55. The molecule has 0 saturated heterocycles. The summed E-state index contributed by atoms with van der Waals surface area (Å²) in [6.45, 7) is 2.80. The predicted octanol–water partition coefficient (Wildman–Crippen LogP) is 3.45. The molecule has 2 heterocycles. The van der Waals surface area contributed by atoms with Gasteiger partial charge in [0.05, 0.1) is 19.4 Å². The van der Waals surface area contributed by atoms with E-state index in [2.05, 4.69) is 17.1 Å². The Kier molecular flexibility index (Phi) is 2.96. The normalized spacial score (nSPS) is 13.9. The van der Waals surface area contributed by atoms with Crippen LogP contribution in [0.4, 0.5) is 0 Å². The number of aryl methyl sites for hydroxylation is 2. The Labute approximate surface area is 110 Å². The van der Waals surface area contributed by atoms with Crippen molar-refractivity contribution >= 4 is 11.3 Å². The van der Waals surface area contributed by atoms with Crippen LogP contribution in [0.5, 0.6) is 10.8 Å². The van der Waals surface area contributed by atoms with Gasteiger partial charge < -0.3 is 9.47 Å². The lowest BCUT2D eigenvalue weighted by atomic mass is 10.0. The first-order valence-corrected chi connectivity index (χ1v) is 6.87. The lowest BCUT2D eigenvalue weighted by Crippen LogP contribution is -2.07. The van der Waals surface area contributed by atoms with Crippen molar-refractivity contribution in [1.82, 2.24) is 4.98 Å². The monoisotopic (exact) mass is 261 g/mol. The molecule has 3 nitrogen and oxygen atoms in total. The summed E-state index contributed by atoms with van der Waals surface area (Å²) in [7, 11) is 1.69. The third-order valence-corrected chi connectivity index (χ3v) is 4.26. The van der Waals surface area contributed by atoms with Crippen molar-refractivity contribution in [2.24, 2.45) is 0 Å². The zero-order valence-corrected chi connectivity index (χ0v) is 11.3. The SMILES string of the molecule is COc1sc(-c2ccc3c(c2)CCCO3)nc1C. The minimum atomic E-state index is 0.830. The number of hydrogen-bond donors (Lipinski definition) is 0. The molecule has 0 radical (unpaired) electrons. The largest absolute Gasteiger partial charge is 0.493 e. The van der Waals surface area contributed by atoms with Gasteiger partial charge in [0.15, 0.2) is 5.06 Å². The van der Waals surface area contributed by atoms with Crippen LogP contribution in [-0.2, 0) is 6.42 Å². The second kappa shape index (κ2) is 4.61. The molecule has 4 heteroatoms. The maximum absolute atomic E-state index is 5.62. The molecule has 0 atom stereocenters. The molecule has 0 unspecified atom stereocenters. The molecule has 18 heavy (non-hydrogen) atoms. The Morgan fingerprint density at radius 3 is 3.06 bits per heavy atom. The maximum Gasteiger partial charge on any atom is 0.197 e. The Balaban J connectivity index is 2.00. The second-order valence-corrected chi connectivity index (χ2v) is 5.33. The van der Waals surface area contributed by atoms with Crippen molar-refractivity contribution in [2.45, 2.75) is 19.8 Å². The third kappa shape index (κ3) is 1.97. The van der Waals surface area contributed by atoms with E-state index in [1.165, 1.54) is 5.56 Å². The average molecular weight is 261 g/mol. The standard InChI is InChI=1S/C14H15NO2S/c1-9-14(16-2)18-13(15-9)11-5-6-12-10(8-11)4-3-7-17-12/h5-6,8H,3-4,7H2,1-2H3. The van der Waals surface area contributed by atoms with Gasteiger partial charge in [-0.25, -0.2) is 4.98 Å². The molecule has 0 fully saturated rings. The molecule has 2 aromatic rings. The Morgan fingerprint density at radius 1 is 1.39 bits per heavy atom.